The monoisotopic (exact) mass is 199 g/mol. The summed E-state index contributed by atoms with van der Waals surface area (Å²) in [4.78, 5) is 7.68. The topological polar surface area (TPSA) is 37.8 Å². The van der Waals surface area contributed by atoms with Gasteiger partial charge in [0.2, 0.25) is 0 Å². The Labute approximate surface area is 80.6 Å². The molecule has 1 unspecified atom stereocenters. The highest BCUT2D eigenvalue weighted by Crippen LogP contribution is 2.21. The number of rotatable bonds is 2. The molecule has 14 heavy (non-hydrogen) atoms. The van der Waals surface area contributed by atoms with Crippen LogP contribution in [0, 0.1) is 0 Å². The normalized spacial score (nSPS) is 21.8. The van der Waals surface area contributed by atoms with Crippen LogP contribution in [0.5, 0.6) is 0 Å². The molecule has 1 saturated heterocycles. The van der Waals surface area contributed by atoms with Crippen molar-refractivity contribution in [3.05, 3.63) is 23.8 Å². The van der Waals surface area contributed by atoms with Gasteiger partial charge in [0.1, 0.15) is 5.69 Å². The van der Waals surface area contributed by atoms with Gasteiger partial charge in [-0.15, -0.1) is 0 Å². The number of hydrogen-bond donors (Lipinski definition) is 1. The summed E-state index contributed by atoms with van der Waals surface area (Å²) in [6.45, 7) is 1.83. The molecule has 1 aromatic rings. The third-order valence-corrected chi connectivity index (χ3v) is 2.39. The number of nitrogens with zero attached hydrogens (tertiary/aromatic N) is 2. The first-order chi connectivity index (χ1) is 6.77. The summed E-state index contributed by atoms with van der Waals surface area (Å²) in [7, 11) is 0. The summed E-state index contributed by atoms with van der Waals surface area (Å²) < 4.78 is 24.3. The van der Waals surface area contributed by atoms with Crippen LogP contribution in [0.4, 0.5) is 8.78 Å². The average Bonchev–Trinajstić information content (AvgIpc) is 2.71. The molecule has 0 aromatic carbocycles. The Kier molecular flexibility index (Phi) is 2.67. The molecule has 3 nitrogen and oxygen atoms in total. The van der Waals surface area contributed by atoms with E-state index in [0.29, 0.717) is 5.92 Å². The molecule has 1 aliphatic rings. The van der Waals surface area contributed by atoms with Crippen molar-refractivity contribution in [2.75, 3.05) is 13.1 Å². The van der Waals surface area contributed by atoms with Gasteiger partial charge in [-0.3, -0.25) is 9.97 Å². The summed E-state index contributed by atoms with van der Waals surface area (Å²) in [6.07, 6.45) is 1.10. The lowest BCUT2D eigenvalue weighted by Crippen LogP contribution is -2.09. The van der Waals surface area contributed by atoms with Gasteiger partial charge in [0, 0.05) is 18.7 Å². The van der Waals surface area contributed by atoms with Gasteiger partial charge in [-0.25, -0.2) is 8.78 Å². The number of alkyl halides is 2. The van der Waals surface area contributed by atoms with Crippen LogP contribution in [0.1, 0.15) is 30.2 Å². The molecule has 0 aliphatic carbocycles. The van der Waals surface area contributed by atoms with Crippen LogP contribution in [0.3, 0.4) is 0 Å². The van der Waals surface area contributed by atoms with Crippen molar-refractivity contribution in [1.82, 2.24) is 15.3 Å². The number of aromatic nitrogens is 2. The zero-order valence-corrected chi connectivity index (χ0v) is 7.58. The Morgan fingerprint density at radius 3 is 2.71 bits per heavy atom. The van der Waals surface area contributed by atoms with Crippen LogP contribution in [0.2, 0.25) is 0 Å². The Morgan fingerprint density at radius 2 is 2.21 bits per heavy atom. The summed E-state index contributed by atoms with van der Waals surface area (Å²) in [5, 5.41) is 3.19. The molecule has 0 spiro atoms. The molecule has 2 rings (SSSR count). The SMILES string of the molecule is FC(F)c1cnc(C2CCNC2)cn1. The summed E-state index contributed by atoms with van der Waals surface area (Å²) in [5.41, 5.74) is 0.555. The van der Waals surface area contributed by atoms with Crippen LogP contribution in [-0.2, 0) is 0 Å². The molecular weight excluding hydrogens is 188 g/mol. The van der Waals surface area contributed by atoms with E-state index in [2.05, 4.69) is 15.3 Å². The predicted molar refractivity (Wildman–Crippen MR) is 47.2 cm³/mol. The number of hydrogen-bond acceptors (Lipinski definition) is 3. The van der Waals surface area contributed by atoms with Gasteiger partial charge in [-0.2, -0.15) is 0 Å². The van der Waals surface area contributed by atoms with E-state index in [0.717, 1.165) is 25.2 Å². The second-order valence-electron chi connectivity index (χ2n) is 3.36. The van der Waals surface area contributed by atoms with E-state index < -0.39 is 6.43 Å². The fraction of sp³-hybridized carbons (Fsp3) is 0.556. The van der Waals surface area contributed by atoms with E-state index in [1.165, 1.54) is 12.4 Å². The molecule has 1 aromatic heterocycles. The zero-order chi connectivity index (χ0) is 9.97. The van der Waals surface area contributed by atoms with Crippen molar-refractivity contribution in [2.45, 2.75) is 18.8 Å². The van der Waals surface area contributed by atoms with E-state index in [4.69, 9.17) is 0 Å². The third kappa shape index (κ3) is 1.87. The van der Waals surface area contributed by atoms with Gasteiger partial charge < -0.3 is 5.32 Å². The smallest absolute Gasteiger partial charge is 0.281 e. The Hall–Kier alpha value is -1.10. The molecular formula is C9H11F2N3. The van der Waals surface area contributed by atoms with Gasteiger partial charge >= 0.3 is 0 Å². The molecule has 2 heterocycles. The van der Waals surface area contributed by atoms with E-state index in [1.54, 1.807) is 0 Å². The lowest BCUT2D eigenvalue weighted by atomic mass is 10.1. The van der Waals surface area contributed by atoms with E-state index >= 15 is 0 Å². The Balaban J connectivity index is 2.12. The van der Waals surface area contributed by atoms with Crippen molar-refractivity contribution < 1.29 is 8.78 Å². The van der Waals surface area contributed by atoms with Crippen molar-refractivity contribution in [3.8, 4) is 0 Å². The lowest BCUT2D eigenvalue weighted by Gasteiger charge is -2.07. The lowest BCUT2D eigenvalue weighted by molar-refractivity contribution is 0.145. The van der Waals surface area contributed by atoms with Gasteiger partial charge in [-0.1, -0.05) is 0 Å². The van der Waals surface area contributed by atoms with Crippen LogP contribution in [0.25, 0.3) is 0 Å². The zero-order valence-electron chi connectivity index (χ0n) is 7.58. The standard InChI is InChI=1S/C9H11F2N3/c10-9(11)8-5-13-7(4-14-8)6-1-2-12-3-6/h4-6,9,12H,1-3H2. The number of nitrogens with one attached hydrogen (secondary N) is 1. The first-order valence-corrected chi connectivity index (χ1v) is 4.58. The van der Waals surface area contributed by atoms with Gasteiger partial charge in [0.25, 0.3) is 6.43 Å². The third-order valence-electron chi connectivity index (χ3n) is 2.39. The van der Waals surface area contributed by atoms with E-state index in [9.17, 15) is 8.78 Å². The summed E-state index contributed by atoms with van der Waals surface area (Å²) in [5.74, 6) is 0.328. The molecule has 0 saturated carbocycles. The highest BCUT2D eigenvalue weighted by Gasteiger charge is 2.18. The second kappa shape index (κ2) is 3.96. The van der Waals surface area contributed by atoms with Gasteiger partial charge in [0.15, 0.2) is 0 Å². The van der Waals surface area contributed by atoms with Gasteiger partial charge in [-0.05, 0) is 13.0 Å². The molecule has 76 valence electrons. The molecule has 1 atom stereocenters. The van der Waals surface area contributed by atoms with Crippen LogP contribution < -0.4 is 5.32 Å². The number of halogens is 2. The van der Waals surface area contributed by atoms with Crippen LogP contribution >= 0.6 is 0 Å². The van der Waals surface area contributed by atoms with Crippen LogP contribution in [-0.4, -0.2) is 23.1 Å². The predicted octanol–water partition coefficient (Wildman–Crippen LogP) is 1.49. The van der Waals surface area contributed by atoms with Crippen LogP contribution in [0.15, 0.2) is 12.4 Å². The fourth-order valence-electron chi connectivity index (χ4n) is 1.58. The van der Waals surface area contributed by atoms with Gasteiger partial charge in [0.05, 0.1) is 11.9 Å². The largest absolute Gasteiger partial charge is 0.316 e. The first kappa shape index (κ1) is 9.45. The summed E-state index contributed by atoms with van der Waals surface area (Å²) >= 11 is 0. The second-order valence-corrected chi connectivity index (χ2v) is 3.36. The highest BCUT2D eigenvalue weighted by molar-refractivity contribution is 5.10. The molecule has 0 bridgehead atoms. The average molecular weight is 199 g/mol. The minimum Gasteiger partial charge on any atom is -0.316 e. The molecule has 1 aliphatic heterocycles. The van der Waals surface area contributed by atoms with Crippen molar-refractivity contribution in [2.24, 2.45) is 0 Å². The van der Waals surface area contributed by atoms with Crippen molar-refractivity contribution in [3.63, 3.8) is 0 Å². The maximum Gasteiger partial charge on any atom is 0.281 e. The minimum absolute atomic E-state index is 0.250. The van der Waals surface area contributed by atoms with E-state index in [-0.39, 0.29) is 5.69 Å². The van der Waals surface area contributed by atoms with Crippen molar-refractivity contribution >= 4 is 0 Å². The van der Waals surface area contributed by atoms with Crippen molar-refractivity contribution in [1.29, 1.82) is 0 Å². The van der Waals surface area contributed by atoms with E-state index in [1.807, 2.05) is 0 Å². The molecule has 0 amide bonds. The fourth-order valence-corrected chi connectivity index (χ4v) is 1.58. The maximum absolute atomic E-state index is 12.2. The Morgan fingerprint density at radius 1 is 1.36 bits per heavy atom. The Bertz CT molecular complexity index is 293. The highest BCUT2D eigenvalue weighted by atomic mass is 19.3. The first-order valence-electron chi connectivity index (χ1n) is 4.58. The molecule has 1 fully saturated rings. The molecule has 1 N–H and O–H groups in total. The minimum atomic E-state index is -2.53. The molecule has 5 heteroatoms. The quantitative estimate of drug-likeness (QED) is 0.784. The molecule has 0 radical (unpaired) electrons. The summed E-state index contributed by atoms with van der Waals surface area (Å²) in [6, 6.07) is 0. The maximum atomic E-state index is 12.2.